The van der Waals surface area contributed by atoms with Crippen LogP contribution in [0.25, 0.3) is 0 Å². The van der Waals surface area contributed by atoms with E-state index in [9.17, 15) is 4.79 Å². The van der Waals surface area contributed by atoms with Crippen LogP contribution in [0.2, 0.25) is 0 Å². The summed E-state index contributed by atoms with van der Waals surface area (Å²) in [5, 5.41) is 0. The molecule has 0 aromatic carbocycles. The molecule has 0 radical (unpaired) electrons. The zero-order chi connectivity index (χ0) is 11.4. The molecule has 2 N–H and O–H groups in total. The second-order valence-corrected chi connectivity index (χ2v) is 3.26. The molecule has 16 heavy (non-hydrogen) atoms. The molecule has 0 saturated heterocycles. The van der Waals surface area contributed by atoms with Gasteiger partial charge in [-0.15, -0.1) is 0 Å². The highest BCUT2D eigenvalue weighted by Gasteiger charge is 2.04. The van der Waals surface area contributed by atoms with Crippen molar-refractivity contribution < 1.29 is 4.79 Å². The van der Waals surface area contributed by atoms with Crippen LogP contribution in [0.4, 0.5) is 0 Å². The van der Waals surface area contributed by atoms with E-state index in [2.05, 4.69) is 15.0 Å². The maximum Gasteiger partial charge on any atom is 0.267 e. The number of rotatable bonds is 3. The lowest BCUT2D eigenvalue weighted by Crippen LogP contribution is -2.14. The molecule has 2 aromatic rings. The minimum atomic E-state index is -0.546. The Labute approximate surface area is 92.4 Å². The second-order valence-electron chi connectivity index (χ2n) is 3.26. The average Bonchev–Trinajstić information content (AvgIpc) is 2.30. The molecule has 0 fully saturated rings. The molecule has 0 atom stereocenters. The lowest BCUT2D eigenvalue weighted by atomic mass is 10.2. The Bertz CT molecular complexity index is 498. The molecular weight excluding hydrogens is 204 g/mol. The summed E-state index contributed by atoms with van der Waals surface area (Å²) in [6.07, 6.45) is 5.50. The van der Waals surface area contributed by atoms with Gasteiger partial charge in [0.2, 0.25) is 0 Å². The molecule has 0 aliphatic carbocycles. The predicted molar refractivity (Wildman–Crippen MR) is 57.6 cm³/mol. The number of carbonyl (C=O) groups excluding carboxylic acids is 1. The van der Waals surface area contributed by atoms with Crippen molar-refractivity contribution >= 4 is 5.91 Å². The van der Waals surface area contributed by atoms with Crippen molar-refractivity contribution in [1.82, 2.24) is 15.0 Å². The van der Waals surface area contributed by atoms with Crippen LogP contribution in [0.3, 0.4) is 0 Å². The molecule has 0 aliphatic heterocycles. The highest BCUT2D eigenvalue weighted by atomic mass is 16.1. The minimum Gasteiger partial charge on any atom is -0.364 e. The van der Waals surface area contributed by atoms with Crippen molar-refractivity contribution in [2.45, 2.75) is 6.42 Å². The van der Waals surface area contributed by atoms with Gasteiger partial charge >= 0.3 is 0 Å². The number of nitrogens with two attached hydrogens (primary N) is 1. The van der Waals surface area contributed by atoms with Crippen LogP contribution in [0.1, 0.15) is 21.9 Å². The Kier molecular flexibility index (Phi) is 2.86. The third-order valence-corrected chi connectivity index (χ3v) is 2.04. The molecular formula is C11H10N4O. The summed E-state index contributed by atoms with van der Waals surface area (Å²) in [7, 11) is 0. The summed E-state index contributed by atoms with van der Waals surface area (Å²) in [6, 6.07) is 5.26. The van der Waals surface area contributed by atoms with Gasteiger partial charge in [0.1, 0.15) is 11.5 Å². The summed E-state index contributed by atoms with van der Waals surface area (Å²) < 4.78 is 0. The van der Waals surface area contributed by atoms with Crippen molar-refractivity contribution in [3.63, 3.8) is 0 Å². The Balaban J connectivity index is 2.22. The van der Waals surface area contributed by atoms with E-state index >= 15 is 0 Å². The standard InChI is InChI=1S/C11H10N4O/c12-11(16)9-3-5-14-10(15-9)6-8-2-1-4-13-7-8/h1-5,7H,6H2,(H2,12,16). The lowest BCUT2D eigenvalue weighted by molar-refractivity contribution is 0.0995. The average molecular weight is 214 g/mol. The normalized spacial score (nSPS) is 10.0. The molecule has 2 rings (SSSR count). The molecule has 5 nitrogen and oxygen atoms in total. The zero-order valence-corrected chi connectivity index (χ0v) is 8.50. The van der Waals surface area contributed by atoms with E-state index < -0.39 is 5.91 Å². The molecule has 5 heteroatoms. The summed E-state index contributed by atoms with van der Waals surface area (Å²) in [5.74, 6) is 0.0131. The first-order valence-corrected chi connectivity index (χ1v) is 4.76. The van der Waals surface area contributed by atoms with Gasteiger partial charge in [-0.05, 0) is 17.7 Å². The van der Waals surface area contributed by atoms with Crippen molar-refractivity contribution in [2.75, 3.05) is 0 Å². The molecule has 2 aromatic heterocycles. The van der Waals surface area contributed by atoms with Crippen LogP contribution < -0.4 is 5.73 Å². The van der Waals surface area contributed by atoms with Crippen molar-refractivity contribution in [1.29, 1.82) is 0 Å². The van der Waals surface area contributed by atoms with Crippen LogP contribution in [-0.2, 0) is 6.42 Å². The molecule has 80 valence electrons. The smallest absolute Gasteiger partial charge is 0.267 e. The number of pyridine rings is 1. The van der Waals surface area contributed by atoms with Gasteiger partial charge in [-0.2, -0.15) is 0 Å². The van der Waals surface area contributed by atoms with Gasteiger partial charge in [0.25, 0.3) is 5.91 Å². The summed E-state index contributed by atoms with van der Waals surface area (Å²) in [6.45, 7) is 0. The van der Waals surface area contributed by atoms with Gasteiger partial charge in [-0.3, -0.25) is 9.78 Å². The van der Waals surface area contributed by atoms with Crippen LogP contribution in [0, 0.1) is 0 Å². The van der Waals surface area contributed by atoms with E-state index in [0.29, 0.717) is 12.2 Å². The number of carbonyl (C=O) groups is 1. The van der Waals surface area contributed by atoms with Crippen LogP contribution >= 0.6 is 0 Å². The topological polar surface area (TPSA) is 81.8 Å². The number of amides is 1. The predicted octanol–water partition coefficient (Wildman–Crippen LogP) is 0.561. The summed E-state index contributed by atoms with van der Waals surface area (Å²) in [4.78, 5) is 23.0. The molecule has 1 amide bonds. The van der Waals surface area contributed by atoms with Crippen molar-refractivity contribution in [2.24, 2.45) is 5.73 Å². The Morgan fingerprint density at radius 3 is 2.88 bits per heavy atom. The number of hydrogen-bond donors (Lipinski definition) is 1. The molecule has 0 aliphatic rings. The fourth-order valence-corrected chi connectivity index (χ4v) is 1.31. The Morgan fingerprint density at radius 2 is 2.19 bits per heavy atom. The monoisotopic (exact) mass is 214 g/mol. The maximum atomic E-state index is 10.9. The third kappa shape index (κ3) is 2.38. The van der Waals surface area contributed by atoms with E-state index in [1.54, 1.807) is 12.4 Å². The van der Waals surface area contributed by atoms with E-state index in [4.69, 9.17) is 5.73 Å². The first-order chi connectivity index (χ1) is 7.75. The Hall–Kier alpha value is -2.30. The second kappa shape index (κ2) is 4.48. The summed E-state index contributed by atoms with van der Waals surface area (Å²) >= 11 is 0. The molecule has 2 heterocycles. The molecule has 0 spiro atoms. The Morgan fingerprint density at radius 1 is 1.31 bits per heavy atom. The number of primary amides is 1. The fraction of sp³-hybridized carbons (Fsp3) is 0.0909. The third-order valence-electron chi connectivity index (χ3n) is 2.04. The highest BCUT2D eigenvalue weighted by Crippen LogP contribution is 2.03. The van der Waals surface area contributed by atoms with E-state index in [-0.39, 0.29) is 5.69 Å². The van der Waals surface area contributed by atoms with Crippen LogP contribution in [-0.4, -0.2) is 20.9 Å². The van der Waals surface area contributed by atoms with Crippen LogP contribution in [0.5, 0.6) is 0 Å². The maximum absolute atomic E-state index is 10.9. The van der Waals surface area contributed by atoms with Crippen LogP contribution in [0.15, 0.2) is 36.8 Å². The van der Waals surface area contributed by atoms with E-state index in [1.807, 2.05) is 12.1 Å². The number of aromatic nitrogens is 3. The molecule has 0 saturated carbocycles. The van der Waals surface area contributed by atoms with Gasteiger partial charge in [0.15, 0.2) is 0 Å². The van der Waals surface area contributed by atoms with E-state index in [0.717, 1.165) is 5.56 Å². The largest absolute Gasteiger partial charge is 0.364 e. The minimum absolute atomic E-state index is 0.230. The van der Waals surface area contributed by atoms with Gasteiger partial charge in [-0.25, -0.2) is 9.97 Å². The van der Waals surface area contributed by atoms with E-state index in [1.165, 1.54) is 12.3 Å². The zero-order valence-electron chi connectivity index (χ0n) is 8.50. The van der Waals surface area contributed by atoms with Gasteiger partial charge in [-0.1, -0.05) is 6.07 Å². The summed E-state index contributed by atoms with van der Waals surface area (Å²) in [5.41, 5.74) is 6.35. The first-order valence-electron chi connectivity index (χ1n) is 4.76. The van der Waals surface area contributed by atoms with Gasteiger partial charge < -0.3 is 5.73 Å². The van der Waals surface area contributed by atoms with Crippen molar-refractivity contribution in [3.05, 3.63) is 53.9 Å². The quantitative estimate of drug-likeness (QED) is 0.809. The van der Waals surface area contributed by atoms with Gasteiger partial charge in [0, 0.05) is 25.0 Å². The lowest BCUT2D eigenvalue weighted by Gasteiger charge is -2.00. The molecule has 0 bridgehead atoms. The van der Waals surface area contributed by atoms with Gasteiger partial charge in [0.05, 0.1) is 0 Å². The SMILES string of the molecule is NC(=O)c1ccnc(Cc2cccnc2)n1. The first kappa shape index (κ1) is 10.2. The number of nitrogens with zero attached hydrogens (tertiary/aromatic N) is 3. The van der Waals surface area contributed by atoms with Crippen molar-refractivity contribution in [3.8, 4) is 0 Å². The number of hydrogen-bond acceptors (Lipinski definition) is 4. The fourth-order valence-electron chi connectivity index (χ4n) is 1.31. The highest BCUT2D eigenvalue weighted by molar-refractivity contribution is 5.90. The molecule has 0 unspecified atom stereocenters.